The van der Waals surface area contributed by atoms with E-state index in [0.717, 1.165) is 13.0 Å². The Labute approximate surface area is 71.3 Å². The minimum atomic E-state index is 0.602. The van der Waals surface area contributed by atoms with Gasteiger partial charge in [-0.1, -0.05) is 5.16 Å². The second-order valence-corrected chi connectivity index (χ2v) is 2.55. The second kappa shape index (κ2) is 4.84. The lowest BCUT2D eigenvalue weighted by Crippen LogP contribution is -2.18. The summed E-state index contributed by atoms with van der Waals surface area (Å²) in [6, 6.07) is 0. The van der Waals surface area contributed by atoms with Crippen LogP contribution < -0.4 is 11.1 Å². The molecule has 0 unspecified atom stereocenters. The molecule has 0 saturated heterocycles. The van der Waals surface area contributed by atoms with Gasteiger partial charge in [-0.05, 0) is 19.5 Å². The molecule has 0 bridgehead atoms. The van der Waals surface area contributed by atoms with E-state index in [1.165, 1.54) is 0 Å². The maximum Gasteiger partial charge on any atom is 0.223 e. The van der Waals surface area contributed by atoms with Crippen molar-refractivity contribution in [3.8, 4) is 0 Å². The van der Waals surface area contributed by atoms with Gasteiger partial charge in [-0.2, -0.15) is 4.98 Å². The molecule has 0 aliphatic rings. The number of rotatable bonds is 5. The maximum absolute atomic E-state index is 5.32. The highest BCUT2D eigenvalue weighted by molar-refractivity contribution is 4.82. The third-order valence-corrected chi connectivity index (χ3v) is 1.41. The van der Waals surface area contributed by atoms with Gasteiger partial charge in [0.05, 0.1) is 6.54 Å². The SMILES string of the molecule is Cc1nc(CNCCCN)no1. The van der Waals surface area contributed by atoms with E-state index >= 15 is 0 Å². The van der Waals surface area contributed by atoms with E-state index in [-0.39, 0.29) is 0 Å². The molecular formula is C7H14N4O. The first-order valence-electron chi connectivity index (χ1n) is 4.03. The number of nitrogens with one attached hydrogen (secondary N) is 1. The Morgan fingerprint density at radius 3 is 3.00 bits per heavy atom. The topological polar surface area (TPSA) is 77.0 Å². The molecule has 0 saturated carbocycles. The summed E-state index contributed by atoms with van der Waals surface area (Å²) in [5, 5.41) is 6.88. The fraction of sp³-hybridized carbons (Fsp3) is 0.714. The van der Waals surface area contributed by atoms with Crippen LogP contribution in [0.5, 0.6) is 0 Å². The lowest BCUT2D eigenvalue weighted by molar-refractivity contribution is 0.385. The van der Waals surface area contributed by atoms with Crippen LogP contribution in [-0.4, -0.2) is 23.2 Å². The number of nitrogens with two attached hydrogens (primary N) is 1. The summed E-state index contributed by atoms with van der Waals surface area (Å²) in [6.07, 6.45) is 0.969. The van der Waals surface area contributed by atoms with Crippen molar-refractivity contribution in [3.63, 3.8) is 0 Å². The van der Waals surface area contributed by atoms with Gasteiger partial charge in [0.1, 0.15) is 0 Å². The monoisotopic (exact) mass is 170 g/mol. The standard InChI is InChI=1S/C7H14N4O/c1-6-10-7(11-12-6)5-9-4-2-3-8/h9H,2-5,8H2,1H3. The predicted octanol–water partition coefficient (Wildman–Crippen LogP) is -0.184. The molecule has 0 radical (unpaired) electrons. The van der Waals surface area contributed by atoms with Gasteiger partial charge in [-0.3, -0.25) is 0 Å². The van der Waals surface area contributed by atoms with Crippen molar-refractivity contribution in [2.75, 3.05) is 13.1 Å². The molecule has 0 aromatic carbocycles. The van der Waals surface area contributed by atoms with Gasteiger partial charge in [-0.25, -0.2) is 0 Å². The second-order valence-electron chi connectivity index (χ2n) is 2.55. The first-order valence-corrected chi connectivity index (χ1v) is 4.03. The van der Waals surface area contributed by atoms with Crippen LogP contribution in [0.3, 0.4) is 0 Å². The summed E-state index contributed by atoms with van der Waals surface area (Å²) in [5.41, 5.74) is 5.32. The van der Waals surface area contributed by atoms with Gasteiger partial charge in [0.25, 0.3) is 0 Å². The first kappa shape index (κ1) is 9.15. The fourth-order valence-corrected chi connectivity index (χ4v) is 0.840. The summed E-state index contributed by atoms with van der Waals surface area (Å²) in [7, 11) is 0. The third-order valence-electron chi connectivity index (χ3n) is 1.41. The Balaban J connectivity index is 2.15. The van der Waals surface area contributed by atoms with E-state index in [2.05, 4.69) is 15.5 Å². The molecule has 0 aliphatic heterocycles. The summed E-state index contributed by atoms with van der Waals surface area (Å²) in [6.45, 7) is 4.02. The van der Waals surface area contributed by atoms with E-state index in [1.807, 2.05) is 0 Å². The molecule has 0 aliphatic carbocycles. The Morgan fingerprint density at radius 1 is 1.58 bits per heavy atom. The summed E-state index contributed by atoms with van der Waals surface area (Å²) >= 11 is 0. The fourth-order valence-electron chi connectivity index (χ4n) is 0.840. The van der Waals surface area contributed by atoms with E-state index in [4.69, 9.17) is 10.3 Å². The van der Waals surface area contributed by atoms with Gasteiger partial charge in [0.15, 0.2) is 5.82 Å². The Morgan fingerprint density at radius 2 is 2.42 bits per heavy atom. The van der Waals surface area contributed by atoms with Crippen molar-refractivity contribution in [1.29, 1.82) is 0 Å². The van der Waals surface area contributed by atoms with Gasteiger partial charge < -0.3 is 15.6 Å². The Bertz CT molecular complexity index is 223. The minimum Gasteiger partial charge on any atom is -0.340 e. The Kier molecular flexibility index (Phi) is 3.69. The molecule has 1 aromatic heterocycles. The normalized spacial score (nSPS) is 10.5. The van der Waals surface area contributed by atoms with Crippen molar-refractivity contribution < 1.29 is 4.52 Å². The molecular weight excluding hydrogens is 156 g/mol. The van der Waals surface area contributed by atoms with E-state index < -0.39 is 0 Å². The number of hydrogen-bond donors (Lipinski definition) is 2. The van der Waals surface area contributed by atoms with Crippen LogP contribution in [0.1, 0.15) is 18.1 Å². The highest BCUT2D eigenvalue weighted by atomic mass is 16.5. The van der Waals surface area contributed by atoms with Crippen LogP contribution in [0, 0.1) is 6.92 Å². The molecule has 0 amide bonds. The summed E-state index contributed by atoms with van der Waals surface area (Å²) in [4.78, 5) is 4.04. The predicted molar refractivity (Wildman–Crippen MR) is 44.4 cm³/mol. The molecule has 68 valence electrons. The van der Waals surface area contributed by atoms with Gasteiger partial charge in [-0.15, -0.1) is 0 Å². The quantitative estimate of drug-likeness (QED) is 0.599. The van der Waals surface area contributed by atoms with Gasteiger partial charge in [0, 0.05) is 6.92 Å². The third kappa shape index (κ3) is 2.98. The van der Waals surface area contributed by atoms with Crippen LogP contribution in [-0.2, 0) is 6.54 Å². The molecule has 0 spiro atoms. The summed E-state index contributed by atoms with van der Waals surface area (Å²) in [5.74, 6) is 1.30. The zero-order chi connectivity index (χ0) is 8.81. The molecule has 5 heteroatoms. The van der Waals surface area contributed by atoms with Gasteiger partial charge >= 0.3 is 0 Å². The molecule has 12 heavy (non-hydrogen) atoms. The smallest absolute Gasteiger partial charge is 0.223 e. The first-order chi connectivity index (χ1) is 5.83. The lowest BCUT2D eigenvalue weighted by Gasteiger charge is -1.97. The largest absolute Gasteiger partial charge is 0.340 e. The Hall–Kier alpha value is -0.940. The highest BCUT2D eigenvalue weighted by Crippen LogP contribution is 1.93. The average molecular weight is 170 g/mol. The van der Waals surface area contributed by atoms with Crippen molar-refractivity contribution in [3.05, 3.63) is 11.7 Å². The molecule has 0 fully saturated rings. The highest BCUT2D eigenvalue weighted by Gasteiger charge is 1.99. The van der Waals surface area contributed by atoms with Crippen molar-refractivity contribution in [2.45, 2.75) is 19.9 Å². The van der Waals surface area contributed by atoms with Crippen molar-refractivity contribution in [2.24, 2.45) is 5.73 Å². The summed E-state index contributed by atoms with van der Waals surface area (Å²) < 4.78 is 4.80. The van der Waals surface area contributed by atoms with E-state index in [9.17, 15) is 0 Å². The number of aryl methyl sites for hydroxylation is 1. The van der Waals surface area contributed by atoms with Crippen molar-refractivity contribution in [1.82, 2.24) is 15.5 Å². The number of hydrogen-bond acceptors (Lipinski definition) is 5. The molecule has 1 heterocycles. The average Bonchev–Trinajstić information content (AvgIpc) is 2.45. The van der Waals surface area contributed by atoms with Crippen LogP contribution in [0.2, 0.25) is 0 Å². The van der Waals surface area contributed by atoms with Crippen LogP contribution >= 0.6 is 0 Å². The van der Waals surface area contributed by atoms with Gasteiger partial charge in [0.2, 0.25) is 5.89 Å². The number of nitrogens with zero attached hydrogens (tertiary/aromatic N) is 2. The maximum atomic E-state index is 5.32. The van der Waals surface area contributed by atoms with E-state index in [1.54, 1.807) is 6.92 Å². The zero-order valence-corrected chi connectivity index (χ0v) is 7.21. The molecule has 3 N–H and O–H groups in total. The zero-order valence-electron chi connectivity index (χ0n) is 7.21. The van der Waals surface area contributed by atoms with Crippen LogP contribution in [0.25, 0.3) is 0 Å². The van der Waals surface area contributed by atoms with Crippen LogP contribution in [0.4, 0.5) is 0 Å². The molecule has 5 nitrogen and oxygen atoms in total. The molecule has 1 rings (SSSR count). The minimum absolute atomic E-state index is 0.602. The number of aromatic nitrogens is 2. The lowest BCUT2D eigenvalue weighted by atomic mass is 10.4. The molecule has 1 aromatic rings. The van der Waals surface area contributed by atoms with E-state index in [0.29, 0.717) is 24.8 Å². The molecule has 0 atom stereocenters. The van der Waals surface area contributed by atoms with Crippen LogP contribution in [0.15, 0.2) is 4.52 Å². The van der Waals surface area contributed by atoms with Crippen molar-refractivity contribution >= 4 is 0 Å².